The van der Waals surface area contributed by atoms with Crippen LogP contribution in [0.3, 0.4) is 0 Å². The zero-order valence-corrected chi connectivity index (χ0v) is 11.4. The van der Waals surface area contributed by atoms with Crippen molar-refractivity contribution in [2.24, 2.45) is 5.41 Å². The van der Waals surface area contributed by atoms with Crippen LogP contribution in [0.1, 0.15) is 33.1 Å². The quantitative estimate of drug-likeness (QED) is 0.613. The zero-order chi connectivity index (χ0) is 14.9. The van der Waals surface area contributed by atoms with Gasteiger partial charge in [0.25, 0.3) is 0 Å². The van der Waals surface area contributed by atoms with Crippen molar-refractivity contribution >= 4 is 11.5 Å². The predicted octanol–water partition coefficient (Wildman–Crippen LogP) is 3.26. The lowest BCUT2D eigenvalue weighted by Gasteiger charge is -2.46. The number of nitro groups is 1. The molecule has 0 heterocycles. The van der Waals surface area contributed by atoms with Crippen molar-refractivity contribution in [2.75, 3.05) is 0 Å². The number of carbonyl (C=O) groups is 1. The van der Waals surface area contributed by atoms with Gasteiger partial charge in [0.2, 0.25) is 0 Å². The van der Waals surface area contributed by atoms with E-state index in [-0.39, 0.29) is 24.1 Å². The molecule has 1 aromatic rings. The summed E-state index contributed by atoms with van der Waals surface area (Å²) in [5.74, 6) is -0.552. The molecule has 0 aromatic heterocycles. The van der Waals surface area contributed by atoms with Gasteiger partial charge in [-0.1, -0.05) is 13.8 Å². The Labute approximate surface area is 115 Å². The Kier molecular flexibility index (Phi) is 3.74. The number of halogens is 1. The van der Waals surface area contributed by atoms with Gasteiger partial charge in [-0.25, -0.2) is 4.39 Å². The Morgan fingerprint density at radius 1 is 1.45 bits per heavy atom. The largest absolute Gasteiger partial charge is 0.482 e. The lowest BCUT2D eigenvalue weighted by molar-refractivity contribution is -0.386. The number of hydrogen-bond acceptors (Lipinski definition) is 4. The molecule has 108 valence electrons. The maximum absolute atomic E-state index is 13.1. The molecule has 1 atom stereocenters. The average molecular weight is 281 g/mol. The monoisotopic (exact) mass is 281 g/mol. The summed E-state index contributed by atoms with van der Waals surface area (Å²) in [5, 5.41) is 10.9. The highest BCUT2D eigenvalue weighted by molar-refractivity contribution is 5.92. The van der Waals surface area contributed by atoms with Crippen LogP contribution in [-0.2, 0) is 4.79 Å². The first kappa shape index (κ1) is 14.4. The molecule has 1 aliphatic rings. The van der Waals surface area contributed by atoms with E-state index in [1.54, 1.807) is 0 Å². The van der Waals surface area contributed by atoms with E-state index in [0.717, 1.165) is 12.1 Å². The van der Waals surface area contributed by atoms with Gasteiger partial charge in [-0.2, -0.15) is 0 Å². The molecule has 1 aliphatic carbocycles. The van der Waals surface area contributed by atoms with Gasteiger partial charge in [0.1, 0.15) is 17.7 Å². The van der Waals surface area contributed by atoms with Crippen molar-refractivity contribution < 1.29 is 18.8 Å². The van der Waals surface area contributed by atoms with Crippen molar-refractivity contribution in [3.05, 3.63) is 34.1 Å². The van der Waals surface area contributed by atoms with E-state index in [2.05, 4.69) is 0 Å². The van der Waals surface area contributed by atoms with Crippen molar-refractivity contribution in [1.29, 1.82) is 0 Å². The Morgan fingerprint density at radius 2 is 2.10 bits per heavy atom. The summed E-state index contributed by atoms with van der Waals surface area (Å²) in [4.78, 5) is 22.1. The number of hydrogen-bond donors (Lipinski definition) is 0. The van der Waals surface area contributed by atoms with Gasteiger partial charge in [0.15, 0.2) is 5.75 Å². The standard InChI is InChI=1S/C14H16FNO4/c1-3-14(4-2)12(17)8-13(14)20-11-6-5-9(15)7-10(11)16(18)19/h5-7,13H,3-4,8H2,1-2H3. The van der Waals surface area contributed by atoms with E-state index in [9.17, 15) is 19.3 Å². The molecule has 6 heteroatoms. The molecule has 1 fully saturated rings. The molecular formula is C14H16FNO4. The number of ether oxygens (including phenoxy) is 1. The summed E-state index contributed by atoms with van der Waals surface area (Å²) in [5.41, 5.74) is -0.979. The highest BCUT2D eigenvalue weighted by Gasteiger charge is 2.54. The predicted molar refractivity (Wildman–Crippen MR) is 70.1 cm³/mol. The van der Waals surface area contributed by atoms with Crippen LogP contribution in [0.15, 0.2) is 18.2 Å². The number of Topliss-reactive ketones (excluding diaryl/α,β-unsaturated/α-hetero) is 1. The first-order valence-electron chi connectivity index (χ1n) is 6.58. The average Bonchev–Trinajstić information content (AvgIpc) is 2.41. The summed E-state index contributed by atoms with van der Waals surface area (Å²) in [6.07, 6.45) is 1.12. The minimum Gasteiger partial charge on any atom is -0.482 e. The second-order valence-electron chi connectivity index (χ2n) is 4.97. The Hall–Kier alpha value is -1.98. The van der Waals surface area contributed by atoms with Gasteiger partial charge in [-0.15, -0.1) is 0 Å². The van der Waals surface area contributed by atoms with E-state index >= 15 is 0 Å². The first-order chi connectivity index (χ1) is 9.44. The van der Waals surface area contributed by atoms with Crippen LogP contribution in [0.2, 0.25) is 0 Å². The van der Waals surface area contributed by atoms with Crippen LogP contribution in [0, 0.1) is 21.3 Å². The molecule has 0 aliphatic heterocycles. The molecule has 1 unspecified atom stereocenters. The molecule has 1 aromatic carbocycles. The third-order valence-electron chi connectivity index (χ3n) is 4.19. The Balaban J connectivity index is 2.27. The summed E-state index contributed by atoms with van der Waals surface area (Å²) in [7, 11) is 0. The molecule has 20 heavy (non-hydrogen) atoms. The lowest BCUT2D eigenvalue weighted by Crippen LogP contribution is -2.56. The third-order valence-corrected chi connectivity index (χ3v) is 4.19. The molecule has 2 rings (SSSR count). The lowest BCUT2D eigenvalue weighted by atomic mass is 9.61. The van der Waals surface area contributed by atoms with E-state index in [1.165, 1.54) is 6.07 Å². The number of carbonyl (C=O) groups excluding carboxylic acids is 1. The Morgan fingerprint density at radius 3 is 2.60 bits per heavy atom. The van der Waals surface area contributed by atoms with Crippen molar-refractivity contribution in [1.82, 2.24) is 0 Å². The summed E-state index contributed by atoms with van der Waals surface area (Å²) < 4.78 is 18.7. The molecule has 0 radical (unpaired) electrons. The minimum absolute atomic E-state index is 0.0141. The maximum atomic E-state index is 13.1. The first-order valence-corrected chi connectivity index (χ1v) is 6.58. The van der Waals surface area contributed by atoms with Crippen LogP contribution in [-0.4, -0.2) is 16.8 Å². The number of rotatable bonds is 5. The van der Waals surface area contributed by atoms with Crippen molar-refractivity contribution in [3.8, 4) is 5.75 Å². The van der Waals surface area contributed by atoms with Crippen LogP contribution in [0.4, 0.5) is 10.1 Å². The molecule has 0 N–H and O–H groups in total. The summed E-state index contributed by atoms with van der Waals surface area (Å²) in [6, 6.07) is 3.18. The van der Waals surface area contributed by atoms with Crippen LogP contribution >= 0.6 is 0 Å². The second-order valence-corrected chi connectivity index (χ2v) is 4.97. The maximum Gasteiger partial charge on any atom is 0.313 e. The molecule has 0 saturated heterocycles. The minimum atomic E-state index is -0.689. The van der Waals surface area contributed by atoms with E-state index in [1.807, 2.05) is 13.8 Å². The molecule has 0 amide bonds. The molecule has 5 nitrogen and oxygen atoms in total. The molecule has 0 spiro atoms. The Bertz CT molecular complexity index is 554. The van der Waals surface area contributed by atoms with Crippen LogP contribution < -0.4 is 4.74 Å². The van der Waals surface area contributed by atoms with Gasteiger partial charge < -0.3 is 4.74 Å². The van der Waals surface area contributed by atoms with Crippen LogP contribution in [0.25, 0.3) is 0 Å². The molecule has 0 bridgehead atoms. The SMILES string of the molecule is CCC1(CC)C(=O)CC1Oc1ccc(F)cc1[N+](=O)[O-]. The van der Waals surface area contributed by atoms with Crippen LogP contribution in [0.5, 0.6) is 5.75 Å². The molecular weight excluding hydrogens is 265 g/mol. The van der Waals surface area contributed by atoms with Crippen molar-refractivity contribution in [3.63, 3.8) is 0 Å². The van der Waals surface area contributed by atoms with E-state index in [0.29, 0.717) is 12.8 Å². The summed E-state index contributed by atoms with van der Waals surface area (Å²) >= 11 is 0. The fraction of sp³-hybridized carbons (Fsp3) is 0.500. The topological polar surface area (TPSA) is 69.4 Å². The third kappa shape index (κ3) is 2.15. The van der Waals surface area contributed by atoms with E-state index in [4.69, 9.17) is 4.74 Å². The number of nitro benzene ring substituents is 1. The van der Waals surface area contributed by atoms with Crippen molar-refractivity contribution in [2.45, 2.75) is 39.2 Å². The number of benzene rings is 1. The fourth-order valence-electron chi connectivity index (χ4n) is 2.76. The second kappa shape index (κ2) is 5.19. The highest BCUT2D eigenvalue weighted by atomic mass is 19.1. The number of ketones is 1. The normalized spacial score (nSPS) is 20.4. The summed E-state index contributed by atoms with van der Waals surface area (Å²) in [6.45, 7) is 3.80. The van der Waals surface area contributed by atoms with E-state index < -0.39 is 21.8 Å². The molecule has 1 saturated carbocycles. The van der Waals surface area contributed by atoms with Gasteiger partial charge in [0.05, 0.1) is 16.4 Å². The van der Waals surface area contributed by atoms with Gasteiger partial charge >= 0.3 is 5.69 Å². The zero-order valence-electron chi connectivity index (χ0n) is 11.4. The number of nitrogens with zero attached hydrogens (tertiary/aromatic N) is 1. The van der Waals surface area contributed by atoms with Gasteiger partial charge in [-0.05, 0) is 25.0 Å². The van der Waals surface area contributed by atoms with Gasteiger partial charge in [0, 0.05) is 6.42 Å². The fourth-order valence-corrected chi connectivity index (χ4v) is 2.76. The van der Waals surface area contributed by atoms with Gasteiger partial charge in [-0.3, -0.25) is 14.9 Å². The highest BCUT2D eigenvalue weighted by Crippen LogP contribution is 2.46. The smallest absolute Gasteiger partial charge is 0.313 e.